The average Bonchev–Trinajstić information content (AvgIpc) is 3.14. The number of hydrogen-bond donors (Lipinski definition) is 1. The summed E-state index contributed by atoms with van der Waals surface area (Å²) in [7, 11) is 1.24. The second-order valence-corrected chi connectivity index (χ2v) is 6.04. The van der Waals surface area contributed by atoms with Crippen molar-refractivity contribution in [2.45, 2.75) is 32.4 Å². The first-order chi connectivity index (χ1) is 12.0. The Morgan fingerprint density at radius 3 is 2.81 bits per heavy atom. The van der Waals surface area contributed by atoms with Gasteiger partial charge in [-0.3, -0.25) is 15.0 Å². The molecule has 1 heterocycles. The van der Waals surface area contributed by atoms with Crippen molar-refractivity contribution in [1.82, 2.24) is 10.2 Å². The molecule has 1 aliphatic heterocycles. The van der Waals surface area contributed by atoms with Gasteiger partial charge in [0.2, 0.25) is 0 Å². The number of esters is 1. The minimum atomic E-state index is -0.582. The second kappa shape index (κ2) is 10.9. The van der Waals surface area contributed by atoms with Crippen LogP contribution in [-0.2, 0) is 16.1 Å². The summed E-state index contributed by atoms with van der Waals surface area (Å²) in [6, 6.07) is 5.34. The van der Waals surface area contributed by atoms with Crippen LogP contribution in [0.4, 0.5) is 5.69 Å². The minimum absolute atomic E-state index is 0. The predicted molar refractivity (Wildman–Crippen MR) is 99.8 cm³/mol. The zero-order chi connectivity index (χ0) is 18.2. The van der Waals surface area contributed by atoms with Crippen LogP contribution in [0.5, 0.6) is 5.75 Å². The average molecular weight is 388 g/mol. The van der Waals surface area contributed by atoms with Gasteiger partial charge in [-0.15, -0.1) is 12.4 Å². The third kappa shape index (κ3) is 6.12. The molecule has 0 spiro atoms. The fourth-order valence-electron chi connectivity index (χ4n) is 2.99. The number of benzene rings is 1. The van der Waals surface area contributed by atoms with E-state index in [-0.39, 0.29) is 30.5 Å². The van der Waals surface area contributed by atoms with Crippen LogP contribution in [0.15, 0.2) is 18.2 Å². The number of carbonyl (C=O) groups excluding carboxylic acids is 1. The van der Waals surface area contributed by atoms with Crippen molar-refractivity contribution in [3.05, 3.63) is 33.9 Å². The van der Waals surface area contributed by atoms with Crippen molar-refractivity contribution in [2.75, 3.05) is 33.4 Å². The number of nitrogens with one attached hydrogen (secondary N) is 1. The number of carbonyl (C=O) groups is 1. The van der Waals surface area contributed by atoms with Crippen LogP contribution < -0.4 is 10.1 Å². The molecule has 0 bridgehead atoms. The predicted octanol–water partition coefficient (Wildman–Crippen LogP) is 2.14. The first kappa shape index (κ1) is 22.1. The first-order valence-electron chi connectivity index (χ1n) is 8.46. The quantitative estimate of drug-likeness (QED) is 0.394. The van der Waals surface area contributed by atoms with Gasteiger partial charge in [0.25, 0.3) is 0 Å². The molecular weight excluding hydrogens is 362 g/mol. The van der Waals surface area contributed by atoms with Crippen molar-refractivity contribution >= 4 is 24.1 Å². The Hall–Kier alpha value is -1.90. The number of rotatable bonds is 9. The van der Waals surface area contributed by atoms with Gasteiger partial charge in [0.1, 0.15) is 0 Å². The number of methoxy groups -OCH3 is 1. The zero-order valence-electron chi connectivity index (χ0n) is 15.1. The van der Waals surface area contributed by atoms with E-state index >= 15 is 0 Å². The van der Waals surface area contributed by atoms with Gasteiger partial charge < -0.3 is 14.8 Å². The fourth-order valence-corrected chi connectivity index (χ4v) is 2.99. The standard InChI is InChI=1S/C17H25N3O5.ClH/c1-3-8-19(14-6-7-18-10-14)11-13-4-5-16(15(9-13)20(22)23)25-12-17(21)24-2;/h4-5,9,14,18H,3,6-8,10-12H2,1-2H3;1H. The van der Waals surface area contributed by atoms with Gasteiger partial charge in [-0.25, -0.2) is 4.79 Å². The van der Waals surface area contributed by atoms with Crippen LogP contribution in [-0.4, -0.2) is 55.2 Å². The number of nitro benzene ring substituents is 1. The Morgan fingerprint density at radius 1 is 1.46 bits per heavy atom. The van der Waals surface area contributed by atoms with E-state index in [1.165, 1.54) is 13.2 Å². The lowest BCUT2D eigenvalue weighted by Crippen LogP contribution is -2.36. The molecule has 1 aliphatic rings. The van der Waals surface area contributed by atoms with Crippen molar-refractivity contribution in [1.29, 1.82) is 0 Å². The molecule has 0 radical (unpaired) electrons. The Balaban J connectivity index is 0.00000338. The summed E-state index contributed by atoms with van der Waals surface area (Å²) >= 11 is 0. The van der Waals surface area contributed by atoms with E-state index in [2.05, 4.69) is 21.9 Å². The van der Waals surface area contributed by atoms with Crippen molar-refractivity contribution in [3.8, 4) is 5.75 Å². The van der Waals surface area contributed by atoms with Gasteiger partial charge in [-0.1, -0.05) is 13.0 Å². The van der Waals surface area contributed by atoms with E-state index in [9.17, 15) is 14.9 Å². The molecule has 8 nitrogen and oxygen atoms in total. The molecule has 2 rings (SSSR count). The molecular formula is C17H26ClN3O5. The molecule has 1 aromatic rings. The summed E-state index contributed by atoms with van der Waals surface area (Å²) in [6.45, 7) is 5.32. The number of nitro groups is 1. The van der Waals surface area contributed by atoms with Gasteiger partial charge in [0.15, 0.2) is 12.4 Å². The molecule has 1 fully saturated rings. The van der Waals surface area contributed by atoms with E-state index < -0.39 is 10.9 Å². The smallest absolute Gasteiger partial charge is 0.343 e. The van der Waals surface area contributed by atoms with Crippen LogP contribution in [0.25, 0.3) is 0 Å². The van der Waals surface area contributed by atoms with Crippen LogP contribution in [0.2, 0.25) is 0 Å². The van der Waals surface area contributed by atoms with E-state index in [0.717, 1.165) is 38.0 Å². The molecule has 9 heteroatoms. The molecule has 0 aliphatic carbocycles. The Morgan fingerprint density at radius 2 is 2.23 bits per heavy atom. The maximum Gasteiger partial charge on any atom is 0.343 e. The van der Waals surface area contributed by atoms with E-state index in [1.807, 2.05) is 6.07 Å². The Labute approximate surface area is 159 Å². The zero-order valence-corrected chi connectivity index (χ0v) is 15.9. The second-order valence-electron chi connectivity index (χ2n) is 6.04. The van der Waals surface area contributed by atoms with E-state index in [4.69, 9.17) is 4.74 Å². The Kier molecular flexibility index (Phi) is 9.32. The lowest BCUT2D eigenvalue weighted by atomic mass is 10.1. The van der Waals surface area contributed by atoms with Gasteiger partial charge in [0, 0.05) is 25.2 Å². The molecule has 1 saturated heterocycles. The van der Waals surface area contributed by atoms with Gasteiger partial charge in [-0.2, -0.15) is 0 Å². The summed E-state index contributed by atoms with van der Waals surface area (Å²) in [6.07, 6.45) is 2.11. The highest BCUT2D eigenvalue weighted by Gasteiger charge is 2.23. The van der Waals surface area contributed by atoms with Crippen LogP contribution in [0.1, 0.15) is 25.3 Å². The Bertz CT molecular complexity index is 608. The normalized spacial score (nSPS) is 16.2. The summed E-state index contributed by atoms with van der Waals surface area (Å²) in [4.78, 5) is 24.4. The van der Waals surface area contributed by atoms with Crippen LogP contribution in [0.3, 0.4) is 0 Å². The highest BCUT2D eigenvalue weighted by Crippen LogP contribution is 2.29. The number of hydrogen-bond acceptors (Lipinski definition) is 7. The largest absolute Gasteiger partial charge is 0.475 e. The molecule has 1 N–H and O–H groups in total. The lowest BCUT2D eigenvalue weighted by Gasteiger charge is -2.28. The fraction of sp³-hybridized carbons (Fsp3) is 0.588. The summed E-state index contributed by atoms with van der Waals surface area (Å²) in [5.74, 6) is -0.509. The molecule has 26 heavy (non-hydrogen) atoms. The van der Waals surface area contributed by atoms with Gasteiger partial charge >= 0.3 is 11.7 Å². The third-order valence-electron chi connectivity index (χ3n) is 4.24. The first-order valence-corrected chi connectivity index (χ1v) is 8.46. The molecule has 1 atom stereocenters. The highest BCUT2D eigenvalue weighted by molar-refractivity contribution is 5.85. The van der Waals surface area contributed by atoms with E-state index in [1.54, 1.807) is 6.07 Å². The summed E-state index contributed by atoms with van der Waals surface area (Å²) in [5, 5.41) is 14.7. The van der Waals surface area contributed by atoms with Gasteiger partial charge in [0.05, 0.1) is 12.0 Å². The molecule has 0 saturated carbocycles. The highest BCUT2D eigenvalue weighted by atomic mass is 35.5. The molecule has 0 amide bonds. The maximum atomic E-state index is 11.3. The van der Waals surface area contributed by atoms with Crippen LogP contribution >= 0.6 is 12.4 Å². The van der Waals surface area contributed by atoms with Crippen LogP contribution in [0, 0.1) is 10.1 Å². The number of nitrogens with zero attached hydrogens (tertiary/aromatic N) is 2. The topological polar surface area (TPSA) is 93.9 Å². The molecule has 146 valence electrons. The van der Waals surface area contributed by atoms with E-state index in [0.29, 0.717) is 12.6 Å². The monoisotopic (exact) mass is 387 g/mol. The molecule has 0 aromatic heterocycles. The molecule has 1 aromatic carbocycles. The summed E-state index contributed by atoms with van der Waals surface area (Å²) < 4.78 is 9.70. The number of ether oxygens (including phenoxy) is 2. The molecule has 1 unspecified atom stereocenters. The minimum Gasteiger partial charge on any atom is -0.475 e. The van der Waals surface area contributed by atoms with Crippen molar-refractivity contribution in [2.24, 2.45) is 0 Å². The lowest BCUT2D eigenvalue weighted by molar-refractivity contribution is -0.385. The number of halogens is 1. The summed E-state index contributed by atoms with van der Waals surface area (Å²) in [5.41, 5.74) is 0.722. The van der Waals surface area contributed by atoms with Gasteiger partial charge in [-0.05, 0) is 37.6 Å². The maximum absolute atomic E-state index is 11.3. The van der Waals surface area contributed by atoms with Crippen molar-refractivity contribution in [3.63, 3.8) is 0 Å². The SMILES string of the molecule is CCCN(Cc1ccc(OCC(=O)OC)c([N+](=O)[O-])c1)C1CCNC1.Cl. The third-order valence-corrected chi connectivity index (χ3v) is 4.24. The van der Waals surface area contributed by atoms with Crippen molar-refractivity contribution < 1.29 is 19.2 Å².